The number of halogens is 1. The summed E-state index contributed by atoms with van der Waals surface area (Å²) in [5.74, 6) is -1.27. The van der Waals surface area contributed by atoms with Gasteiger partial charge in [-0.3, -0.25) is 18.9 Å². The molecule has 13 heteroatoms. The van der Waals surface area contributed by atoms with Crippen LogP contribution in [0.3, 0.4) is 0 Å². The summed E-state index contributed by atoms with van der Waals surface area (Å²) in [4.78, 5) is 41.7. The molecule has 1 aromatic rings. The molecule has 2 rings (SSSR count). The number of aromatic nitrogens is 2. The number of phosphoric ester groups is 1. The lowest BCUT2D eigenvalue weighted by molar-refractivity contribution is -0.0646. The molecule has 2 heterocycles. The molecule has 4 N–H and O–H groups in total. The number of hydrogen-bond acceptors (Lipinski definition) is 7. The molecule has 0 radical (unpaired) electrons. The van der Waals surface area contributed by atoms with E-state index in [9.17, 15) is 23.7 Å². The number of aromatic amines is 1. The molecule has 1 unspecified atom stereocenters. The third kappa shape index (κ3) is 3.91. The van der Waals surface area contributed by atoms with Crippen LogP contribution >= 0.6 is 7.82 Å². The van der Waals surface area contributed by atoms with Gasteiger partial charge in [-0.15, -0.1) is 0 Å². The highest BCUT2D eigenvalue weighted by Crippen LogP contribution is 2.41. The average molecular weight is 351 g/mol. The first-order valence-corrected chi connectivity index (χ1v) is 7.63. The summed E-state index contributed by atoms with van der Waals surface area (Å²) in [6.07, 6.45) is -5.72. The molecule has 1 aliphatic rings. The van der Waals surface area contributed by atoms with Crippen LogP contribution in [0.1, 0.15) is 12.6 Å². The Hall–Kier alpha value is -1.87. The fourth-order valence-corrected chi connectivity index (χ4v) is 2.56. The minimum Gasteiger partial charge on any atom is -0.390 e. The zero-order chi connectivity index (χ0) is 17.4. The van der Waals surface area contributed by atoms with Crippen molar-refractivity contribution in [1.82, 2.24) is 9.55 Å². The first-order chi connectivity index (χ1) is 10.6. The predicted octanol–water partition coefficient (Wildman–Crippen LogP) is -1.67. The molecule has 1 fully saturated rings. The maximum atomic E-state index is 13.3. The van der Waals surface area contributed by atoms with Crippen LogP contribution < -0.4 is 11.2 Å². The van der Waals surface area contributed by atoms with Crippen molar-refractivity contribution in [2.24, 2.45) is 0 Å². The van der Waals surface area contributed by atoms with Gasteiger partial charge in [0.1, 0.15) is 12.3 Å². The summed E-state index contributed by atoms with van der Waals surface area (Å²) >= 11 is 0. The standard InChI is InChI=1S/C10H11FN3O8P/c11-4-3-14(10(17)13-9(4)16)7-1-5(15)8(21-7)6(2-12)22-23(18,19)20/h3,5-8,15H,1H2,(H,13,16,17)(H2,18,19,20)/t5?,6-,7-,8+/m1/s1. The number of nitrogens with one attached hydrogen (secondary N) is 1. The number of nitrogens with zero attached hydrogens (tertiary/aromatic N) is 2. The van der Waals surface area contributed by atoms with Crippen molar-refractivity contribution in [3.8, 4) is 6.07 Å². The quantitative estimate of drug-likeness (QED) is 0.462. The number of aliphatic hydroxyl groups excluding tert-OH is 1. The highest BCUT2D eigenvalue weighted by Gasteiger charge is 2.43. The molecule has 0 saturated carbocycles. The van der Waals surface area contributed by atoms with Crippen LogP contribution in [0.2, 0.25) is 0 Å². The van der Waals surface area contributed by atoms with E-state index in [0.717, 1.165) is 0 Å². The normalized spacial score (nSPS) is 26.0. The number of phosphoric acid groups is 1. The van der Waals surface area contributed by atoms with Crippen molar-refractivity contribution in [3.05, 3.63) is 32.9 Å². The smallest absolute Gasteiger partial charge is 0.390 e. The second-order valence-corrected chi connectivity index (χ2v) is 5.84. The molecule has 0 spiro atoms. The molecule has 0 bridgehead atoms. The monoisotopic (exact) mass is 351 g/mol. The minimum absolute atomic E-state index is 0.293. The van der Waals surface area contributed by atoms with Gasteiger partial charge >= 0.3 is 13.5 Å². The summed E-state index contributed by atoms with van der Waals surface area (Å²) in [5, 5.41) is 18.7. The van der Waals surface area contributed by atoms with Crippen molar-refractivity contribution in [3.63, 3.8) is 0 Å². The van der Waals surface area contributed by atoms with E-state index >= 15 is 0 Å². The topological polar surface area (TPSA) is 175 Å². The van der Waals surface area contributed by atoms with Crippen LogP contribution in [0.4, 0.5) is 4.39 Å². The predicted molar refractivity (Wildman–Crippen MR) is 68.3 cm³/mol. The van der Waals surface area contributed by atoms with Gasteiger partial charge in [0.2, 0.25) is 5.82 Å². The molecular weight excluding hydrogens is 340 g/mol. The average Bonchev–Trinajstić information content (AvgIpc) is 2.81. The first-order valence-electron chi connectivity index (χ1n) is 6.10. The maximum Gasteiger partial charge on any atom is 0.470 e. The lowest BCUT2D eigenvalue weighted by Crippen LogP contribution is -2.36. The van der Waals surface area contributed by atoms with Gasteiger partial charge in [-0.1, -0.05) is 0 Å². The van der Waals surface area contributed by atoms with Crippen molar-refractivity contribution in [2.75, 3.05) is 0 Å². The second-order valence-electron chi connectivity index (χ2n) is 4.65. The van der Waals surface area contributed by atoms with Crippen LogP contribution in [-0.2, 0) is 13.8 Å². The lowest BCUT2D eigenvalue weighted by atomic mass is 10.1. The van der Waals surface area contributed by atoms with Crippen molar-refractivity contribution >= 4 is 7.82 Å². The second kappa shape index (κ2) is 6.32. The number of aliphatic hydroxyl groups is 1. The van der Waals surface area contributed by atoms with E-state index in [4.69, 9.17) is 19.8 Å². The molecular formula is C10H11FN3O8P. The summed E-state index contributed by atoms with van der Waals surface area (Å²) in [6, 6.07) is 1.42. The zero-order valence-corrected chi connectivity index (χ0v) is 12.1. The van der Waals surface area contributed by atoms with E-state index in [2.05, 4.69) is 4.52 Å². The van der Waals surface area contributed by atoms with Crippen LogP contribution in [0.25, 0.3) is 0 Å². The number of ether oxygens (including phenoxy) is 1. The lowest BCUT2D eigenvalue weighted by Gasteiger charge is -2.20. The van der Waals surface area contributed by atoms with Crippen LogP contribution in [0.15, 0.2) is 15.8 Å². The van der Waals surface area contributed by atoms with Gasteiger partial charge in [0.25, 0.3) is 5.56 Å². The van der Waals surface area contributed by atoms with Crippen molar-refractivity contribution in [1.29, 1.82) is 5.26 Å². The SMILES string of the molecule is N#C[C@@H](OP(=O)(O)O)[C@H]1O[C@@H](n2cc(F)c(=O)[nH]c2=O)CC1O. The Morgan fingerprint density at radius 2 is 2.22 bits per heavy atom. The van der Waals surface area contributed by atoms with Crippen LogP contribution in [-0.4, -0.2) is 42.8 Å². The summed E-state index contributed by atoms with van der Waals surface area (Å²) in [5.41, 5.74) is -2.25. The molecule has 23 heavy (non-hydrogen) atoms. The summed E-state index contributed by atoms with van der Waals surface area (Å²) in [6.45, 7) is 0. The van der Waals surface area contributed by atoms with E-state index in [1.165, 1.54) is 6.07 Å². The third-order valence-corrected chi connectivity index (χ3v) is 3.55. The molecule has 11 nitrogen and oxygen atoms in total. The van der Waals surface area contributed by atoms with Gasteiger partial charge in [-0.2, -0.15) is 9.65 Å². The third-order valence-electron chi connectivity index (χ3n) is 3.05. The Morgan fingerprint density at radius 3 is 2.78 bits per heavy atom. The number of rotatable bonds is 4. The van der Waals surface area contributed by atoms with E-state index in [0.29, 0.717) is 10.8 Å². The van der Waals surface area contributed by atoms with E-state index in [1.54, 1.807) is 4.98 Å². The van der Waals surface area contributed by atoms with E-state index in [-0.39, 0.29) is 6.42 Å². The Balaban J connectivity index is 2.26. The Morgan fingerprint density at radius 1 is 1.57 bits per heavy atom. The van der Waals surface area contributed by atoms with Crippen molar-refractivity contribution < 1.29 is 33.1 Å². The minimum atomic E-state index is -5.02. The van der Waals surface area contributed by atoms with E-state index in [1.807, 2.05) is 0 Å². The van der Waals surface area contributed by atoms with Gasteiger partial charge in [0.15, 0.2) is 6.10 Å². The number of H-pyrrole nitrogens is 1. The molecule has 1 saturated heterocycles. The zero-order valence-electron chi connectivity index (χ0n) is 11.2. The molecule has 1 aliphatic heterocycles. The number of nitriles is 1. The van der Waals surface area contributed by atoms with Crippen LogP contribution in [0, 0.1) is 17.1 Å². The molecule has 0 amide bonds. The Bertz CT molecular complexity index is 795. The Kier molecular flexibility index (Phi) is 4.81. The van der Waals surface area contributed by atoms with Gasteiger partial charge in [-0.05, 0) is 0 Å². The van der Waals surface area contributed by atoms with Gasteiger partial charge in [0.05, 0.1) is 18.4 Å². The Labute approximate surface area is 126 Å². The molecule has 1 aromatic heterocycles. The fraction of sp³-hybridized carbons (Fsp3) is 0.500. The fourth-order valence-electron chi connectivity index (χ4n) is 2.10. The molecule has 0 aliphatic carbocycles. The van der Waals surface area contributed by atoms with Gasteiger partial charge in [-0.25, -0.2) is 9.36 Å². The summed E-state index contributed by atoms with van der Waals surface area (Å²) in [7, 11) is -5.02. The van der Waals surface area contributed by atoms with Crippen molar-refractivity contribution in [2.45, 2.75) is 31.0 Å². The van der Waals surface area contributed by atoms with Gasteiger partial charge in [0, 0.05) is 6.42 Å². The van der Waals surface area contributed by atoms with Crippen LogP contribution in [0.5, 0.6) is 0 Å². The highest BCUT2D eigenvalue weighted by atomic mass is 31.2. The first kappa shape index (κ1) is 17.5. The molecule has 126 valence electrons. The summed E-state index contributed by atoms with van der Waals surface area (Å²) < 4.78 is 34.1. The largest absolute Gasteiger partial charge is 0.470 e. The molecule has 0 aromatic carbocycles. The van der Waals surface area contributed by atoms with E-state index < -0.39 is 49.4 Å². The highest BCUT2D eigenvalue weighted by molar-refractivity contribution is 7.46. The van der Waals surface area contributed by atoms with Gasteiger partial charge < -0.3 is 19.6 Å². The number of hydrogen-bond donors (Lipinski definition) is 4. The molecule has 4 atom stereocenters. The maximum absolute atomic E-state index is 13.3.